The molecule has 24 heavy (non-hydrogen) atoms. The van der Waals surface area contributed by atoms with Crippen LogP contribution in [0.4, 0.5) is 5.69 Å². The summed E-state index contributed by atoms with van der Waals surface area (Å²) in [6.45, 7) is 4.12. The number of aromatic amines is 2. The average Bonchev–Trinajstić information content (AvgIpc) is 2.99. The topological polar surface area (TPSA) is 77.1 Å². The molecule has 1 saturated heterocycles. The molecule has 1 fully saturated rings. The van der Waals surface area contributed by atoms with Crippen LogP contribution in [-0.4, -0.2) is 52.7 Å². The van der Waals surface area contributed by atoms with Crippen molar-refractivity contribution in [1.82, 2.24) is 19.4 Å². The predicted molar refractivity (Wildman–Crippen MR) is 94.2 cm³/mol. The fourth-order valence-corrected chi connectivity index (χ4v) is 3.18. The van der Waals surface area contributed by atoms with Gasteiger partial charge in [0.05, 0.1) is 11.4 Å². The zero-order chi connectivity index (χ0) is 16.7. The lowest BCUT2D eigenvalue weighted by molar-refractivity contribution is 0.313. The number of hydrogen-bond acceptors (Lipinski definition) is 4. The number of piperazine rings is 1. The monoisotopic (exact) mass is 325 g/mol. The second-order valence-corrected chi connectivity index (χ2v) is 6.17. The molecule has 0 bridgehead atoms. The number of hydrogen-bond donors (Lipinski definition) is 2. The van der Waals surface area contributed by atoms with E-state index in [1.165, 1.54) is 22.5 Å². The number of rotatable bonds is 2. The molecule has 2 N–H and O–H groups in total. The molecule has 0 unspecified atom stereocenters. The van der Waals surface area contributed by atoms with Crippen LogP contribution in [0.3, 0.4) is 0 Å². The highest BCUT2D eigenvalue weighted by Gasteiger charge is 2.17. The Labute approximate surface area is 138 Å². The molecule has 0 atom stereocenters. The lowest BCUT2D eigenvalue weighted by Gasteiger charge is -2.33. The molecule has 0 amide bonds. The molecule has 7 nitrogen and oxygen atoms in total. The molecule has 1 aliphatic rings. The molecule has 3 heterocycles. The van der Waals surface area contributed by atoms with Gasteiger partial charge < -0.3 is 14.8 Å². The first kappa shape index (κ1) is 14.8. The Kier molecular flexibility index (Phi) is 3.50. The molecular formula is C17H19N5O2. The van der Waals surface area contributed by atoms with Gasteiger partial charge >= 0.3 is 5.69 Å². The fourth-order valence-electron chi connectivity index (χ4n) is 3.18. The minimum absolute atomic E-state index is 0.394. The number of nitrogens with zero attached hydrogens (tertiary/aromatic N) is 3. The van der Waals surface area contributed by atoms with Crippen LogP contribution in [0.2, 0.25) is 0 Å². The van der Waals surface area contributed by atoms with E-state index < -0.39 is 11.2 Å². The molecular weight excluding hydrogens is 306 g/mol. The maximum atomic E-state index is 11.9. The second kappa shape index (κ2) is 5.68. The molecule has 124 valence electrons. The molecule has 0 spiro atoms. The predicted octanol–water partition coefficient (Wildman–Crippen LogP) is 0.759. The highest BCUT2D eigenvalue weighted by Crippen LogP contribution is 2.28. The molecule has 3 aromatic rings. The number of anilines is 1. The minimum atomic E-state index is -0.437. The van der Waals surface area contributed by atoms with Crippen molar-refractivity contribution in [2.45, 2.75) is 0 Å². The number of H-pyrrole nitrogens is 2. The van der Waals surface area contributed by atoms with Gasteiger partial charge in [0.25, 0.3) is 5.56 Å². The summed E-state index contributed by atoms with van der Waals surface area (Å²) in [7, 11) is 2.14. The number of likely N-dealkylation sites (N-methyl/N-ethyl adjacent to an activating group) is 1. The fraction of sp³-hybridized carbons (Fsp3) is 0.294. The quantitative estimate of drug-likeness (QED) is 0.729. The van der Waals surface area contributed by atoms with Crippen LogP contribution in [0.25, 0.3) is 16.6 Å². The third kappa shape index (κ3) is 2.52. The van der Waals surface area contributed by atoms with Crippen LogP contribution in [0.1, 0.15) is 0 Å². The summed E-state index contributed by atoms with van der Waals surface area (Å²) in [4.78, 5) is 33.4. The van der Waals surface area contributed by atoms with Gasteiger partial charge in [-0.25, -0.2) is 4.79 Å². The summed E-state index contributed by atoms with van der Waals surface area (Å²) >= 11 is 0. The third-order valence-electron chi connectivity index (χ3n) is 4.59. The number of nitrogens with one attached hydrogen (secondary N) is 2. The molecule has 1 aromatic carbocycles. The van der Waals surface area contributed by atoms with Gasteiger partial charge in [-0.05, 0) is 25.2 Å². The minimum Gasteiger partial charge on any atom is -0.367 e. The Hall–Kier alpha value is -2.80. The van der Waals surface area contributed by atoms with Crippen LogP contribution >= 0.6 is 0 Å². The summed E-state index contributed by atoms with van der Waals surface area (Å²) in [5, 5.41) is 1.14. The van der Waals surface area contributed by atoms with Crippen LogP contribution in [0.15, 0.2) is 46.2 Å². The van der Waals surface area contributed by atoms with E-state index in [0.717, 1.165) is 42.8 Å². The Balaban J connectivity index is 1.73. The number of benzene rings is 1. The lowest BCUT2D eigenvalue weighted by Crippen LogP contribution is -2.44. The van der Waals surface area contributed by atoms with Crippen molar-refractivity contribution in [3.8, 4) is 5.69 Å². The van der Waals surface area contributed by atoms with E-state index in [2.05, 4.69) is 26.8 Å². The Morgan fingerprint density at radius 1 is 1.04 bits per heavy atom. The van der Waals surface area contributed by atoms with E-state index in [1.807, 2.05) is 24.4 Å². The highest BCUT2D eigenvalue weighted by atomic mass is 16.2. The first-order valence-electron chi connectivity index (χ1n) is 7.99. The van der Waals surface area contributed by atoms with Crippen molar-refractivity contribution in [2.75, 3.05) is 38.1 Å². The average molecular weight is 325 g/mol. The van der Waals surface area contributed by atoms with Crippen molar-refractivity contribution in [3.05, 3.63) is 57.5 Å². The van der Waals surface area contributed by atoms with Crippen molar-refractivity contribution in [3.63, 3.8) is 0 Å². The maximum Gasteiger partial charge on any atom is 0.332 e. The summed E-state index contributed by atoms with van der Waals surface area (Å²) in [5.74, 6) is 0. The first-order chi connectivity index (χ1) is 11.6. The van der Waals surface area contributed by atoms with Crippen molar-refractivity contribution < 1.29 is 0 Å². The lowest BCUT2D eigenvalue weighted by atomic mass is 10.2. The van der Waals surface area contributed by atoms with Crippen molar-refractivity contribution in [2.24, 2.45) is 0 Å². The number of fused-ring (bicyclic) bond motifs is 1. The van der Waals surface area contributed by atoms with Gasteiger partial charge in [0.2, 0.25) is 0 Å². The standard InChI is InChI=1S/C17H19N5O2/c1-20-6-8-21(9-7-20)15-11-18-14-10-12(2-3-13(14)15)22-5-4-16(23)19-17(22)24/h2-5,10-11,18H,6-9H2,1H3,(H,19,23,24). The SMILES string of the molecule is CN1CCN(c2c[nH]c3cc(-n4ccc(=O)[nH]c4=O)ccc23)CC1. The molecule has 0 saturated carbocycles. The van der Waals surface area contributed by atoms with Gasteiger partial charge in [0.1, 0.15) is 0 Å². The van der Waals surface area contributed by atoms with E-state index in [-0.39, 0.29) is 0 Å². The zero-order valence-electron chi connectivity index (χ0n) is 13.5. The molecule has 7 heteroatoms. The van der Waals surface area contributed by atoms with E-state index in [4.69, 9.17) is 0 Å². The molecule has 0 radical (unpaired) electrons. The second-order valence-electron chi connectivity index (χ2n) is 6.17. The smallest absolute Gasteiger partial charge is 0.332 e. The maximum absolute atomic E-state index is 11.9. The zero-order valence-corrected chi connectivity index (χ0v) is 13.5. The van der Waals surface area contributed by atoms with Crippen molar-refractivity contribution in [1.29, 1.82) is 0 Å². The highest BCUT2D eigenvalue weighted by molar-refractivity contribution is 5.94. The molecule has 4 rings (SSSR count). The van der Waals surface area contributed by atoms with Crippen LogP contribution in [-0.2, 0) is 0 Å². The van der Waals surface area contributed by atoms with Crippen LogP contribution in [0.5, 0.6) is 0 Å². The van der Waals surface area contributed by atoms with E-state index >= 15 is 0 Å². The number of aromatic nitrogens is 3. The van der Waals surface area contributed by atoms with Gasteiger partial charge in [-0.1, -0.05) is 0 Å². The largest absolute Gasteiger partial charge is 0.367 e. The Bertz CT molecular complexity index is 992. The summed E-state index contributed by atoms with van der Waals surface area (Å²) < 4.78 is 1.43. The normalized spacial score (nSPS) is 16.0. The summed E-state index contributed by atoms with van der Waals surface area (Å²) in [6.07, 6.45) is 3.52. The van der Waals surface area contributed by atoms with E-state index in [0.29, 0.717) is 0 Å². The van der Waals surface area contributed by atoms with Crippen LogP contribution in [0, 0.1) is 0 Å². The Morgan fingerprint density at radius 3 is 2.58 bits per heavy atom. The van der Waals surface area contributed by atoms with Gasteiger partial charge in [-0.3, -0.25) is 14.3 Å². The van der Waals surface area contributed by atoms with Gasteiger partial charge in [0.15, 0.2) is 0 Å². The molecule has 0 aliphatic carbocycles. The van der Waals surface area contributed by atoms with Crippen LogP contribution < -0.4 is 16.1 Å². The van der Waals surface area contributed by atoms with Gasteiger partial charge in [0, 0.05) is 55.5 Å². The molecule has 2 aromatic heterocycles. The third-order valence-corrected chi connectivity index (χ3v) is 4.59. The van der Waals surface area contributed by atoms with E-state index in [9.17, 15) is 9.59 Å². The summed E-state index contributed by atoms with van der Waals surface area (Å²) in [5.41, 5.74) is 2.05. The van der Waals surface area contributed by atoms with Gasteiger partial charge in [-0.15, -0.1) is 0 Å². The molecule has 1 aliphatic heterocycles. The first-order valence-corrected chi connectivity index (χ1v) is 7.99. The van der Waals surface area contributed by atoms with Crippen molar-refractivity contribution >= 4 is 16.6 Å². The Morgan fingerprint density at radius 2 is 1.83 bits per heavy atom. The summed E-state index contributed by atoms with van der Waals surface area (Å²) in [6, 6.07) is 7.19. The van der Waals surface area contributed by atoms with E-state index in [1.54, 1.807) is 0 Å². The van der Waals surface area contributed by atoms with Gasteiger partial charge in [-0.2, -0.15) is 0 Å².